The molecule has 0 fully saturated rings. The third-order valence-electron chi connectivity index (χ3n) is 4.46. The highest BCUT2D eigenvalue weighted by atomic mass is 32.5. The number of carbonyl (C=O) groups is 1. The predicted octanol–water partition coefficient (Wildman–Crippen LogP) is 4.62. The molecule has 0 spiro atoms. The zero-order valence-corrected chi connectivity index (χ0v) is 16.9. The Morgan fingerprint density at radius 2 is 1.60 bits per heavy atom. The number of carbonyl (C=O) groups excluding carboxylic acids is 1. The Hall–Kier alpha value is -2.47. The van der Waals surface area contributed by atoms with E-state index >= 15 is 0 Å². The Bertz CT molecular complexity index is 1090. The maximum atomic E-state index is 12.8. The fourth-order valence-electron chi connectivity index (χ4n) is 2.97. The second-order valence-electron chi connectivity index (χ2n) is 6.89. The average molecular weight is 468 g/mol. The highest BCUT2D eigenvalue weighted by molar-refractivity contribution is 8.45. The monoisotopic (exact) mass is 468 g/mol. The average Bonchev–Trinajstić information content (AvgIpc) is 2.98. The van der Waals surface area contributed by atoms with Crippen LogP contribution in [-0.2, 0) is 27.6 Å². The number of amides is 1. The molecule has 2 heterocycles. The first-order valence-electron chi connectivity index (χ1n) is 8.55. The van der Waals surface area contributed by atoms with Gasteiger partial charge in [-0.1, -0.05) is 31.6 Å². The second kappa shape index (κ2) is 6.77. The van der Waals surface area contributed by atoms with Gasteiger partial charge in [-0.3, -0.25) is 9.78 Å². The van der Waals surface area contributed by atoms with Gasteiger partial charge in [-0.25, -0.2) is 8.42 Å². The first-order valence-corrected chi connectivity index (χ1v) is 12.2. The van der Waals surface area contributed by atoms with Crippen LogP contribution in [-0.4, -0.2) is 36.0 Å². The van der Waals surface area contributed by atoms with Crippen molar-refractivity contribution in [3.05, 3.63) is 71.4 Å². The van der Waals surface area contributed by atoms with E-state index in [1.807, 2.05) is 0 Å². The quantitative estimate of drug-likeness (QED) is 0.581. The van der Waals surface area contributed by atoms with Crippen LogP contribution in [0, 0.1) is 0 Å². The summed E-state index contributed by atoms with van der Waals surface area (Å²) in [6, 6.07) is 4.65. The van der Waals surface area contributed by atoms with E-state index in [4.69, 9.17) is 0 Å². The van der Waals surface area contributed by atoms with Crippen molar-refractivity contribution in [2.75, 3.05) is 5.75 Å². The molecule has 1 atom stereocenters. The standard InChI is InChI=1S/C18H17F5N2O3S2/c19-30(20,21,22,23)17-3-1-14(2-4-17)11-18(26)25(12-15-5-8-24-9-6-15)16-7-10-29(27,28)13-16/h1-10,16H,11-13H2/t16-/m0/s1. The van der Waals surface area contributed by atoms with Crippen molar-refractivity contribution >= 4 is 26.0 Å². The summed E-state index contributed by atoms with van der Waals surface area (Å²) in [6.07, 6.45) is 3.98. The lowest BCUT2D eigenvalue weighted by atomic mass is 10.1. The fourth-order valence-corrected chi connectivity index (χ4v) is 4.92. The molecule has 1 aromatic carbocycles. The molecule has 3 rings (SSSR count). The van der Waals surface area contributed by atoms with Crippen molar-refractivity contribution in [1.82, 2.24) is 9.88 Å². The predicted molar refractivity (Wildman–Crippen MR) is 103 cm³/mol. The van der Waals surface area contributed by atoms with E-state index in [-0.39, 0.29) is 36.4 Å². The molecule has 0 aliphatic carbocycles. The molecule has 1 amide bonds. The van der Waals surface area contributed by atoms with Crippen molar-refractivity contribution in [2.45, 2.75) is 23.9 Å². The van der Waals surface area contributed by atoms with E-state index in [9.17, 15) is 32.6 Å². The first-order chi connectivity index (χ1) is 13.6. The van der Waals surface area contributed by atoms with Gasteiger partial charge in [0.1, 0.15) is 4.90 Å². The van der Waals surface area contributed by atoms with Crippen LogP contribution in [0.25, 0.3) is 0 Å². The highest BCUT2D eigenvalue weighted by Gasteiger charge is 2.65. The number of nitrogens with zero attached hydrogens (tertiary/aromatic N) is 2. The molecule has 0 saturated carbocycles. The third kappa shape index (κ3) is 5.57. The van der Waals surface area contributed by atoms with Crippen molar-refractivity contribution in [2.24, 2.45) is 0 Å². The van der Waals surface area contributed by atoms with Crippen LogP contribution in [0.5, 0.6) is 0 Å². The van der Waals surface area contributed by atoms with Gasteiger partial charge in [-0.15, -0.1) is 0 Å². The van der Waals surface area contributed by atoms with Gasteiger partial charge in [-0.05, 0) is 41.5 Å². The number of pyridine rings is 1. The van der Waals surface area contributed by atoms with Crippen molar-refractivity contribution < 1.29 is 32.6 Å². The fraction of sp³-hybridized carbons (Fsp3) is 0.222. The molecule has 30 heavy (non-hydrogen) atoms. The third-order valence-corrected chi connectivity index (χ3v) is 7.00. The molecule has 12 heteroatoms. The van der Waals surface area contributed by atoms with Crippen LogP contribution in [0.2, 0.25) is 0 Å². The second-order valence-corrected chi connectivity index (χ2v) is 11.2. The SMILES string of the molecule is O=C(Cc1ccc(S(F)(F)(F)(F)F)cc1)N(Cc1ccncc1)[C@H]1C=CS(=O)(=O)C1. The van der Waals surface area contributed by atoms with E-state index in [0.717, 1.165) is 17.5 Å². The van der Waals surface area contributed by atoms with Gasteiger partial charge < -0.3 is 4.90 Å². The summed E-state index contributed by atoms with van der Waals surface area (Å²) in [5.41, 5.74) is 0.766. The van der Waals surface area contributed by atoms with Gasteiger partial charge in [0.15, 0.2) is 9.84 Å². The summed E-state index contributed by atoms with van der Waals surface area (Å²) in [6.45, 7) is 0.0510. The number of halogens is 5. The minimum atomic E-state index is -9.79. The molecular weight excluding hydrogens is 451 g/mol. The van der Waals surface area contributed by atoms with Crippen LogP contribution >= 0.6 is 10.2 Å². The highest BCUT2D eigenvalue weighted by Crippen LogP contribution is 3.02. The molecule has 5 nitrogen and oxygen atoms in total. The van der Waals surface area contributed by atoms with Crippen LogP contribution < -0.4 is 0 Å². The molecule has 0 saturated heterocycles. The summed E-state index contributed by atoms with van der Waals surface area (Å²) in [5.74, 6) is -0.869. The number of benzene rings is 1. The van der Waals surface area contributed by atoms with Gasteiger partial charge in [0, 0.05) is 24.3 Å². The molecule has 1 aliphatic rings. The van der Waals surface area contributed by atoms with Crippen molar-refractivity contribution in [3.8, 4) is 0 Å². The summed E-state index contributed by atoms with van der Waals surface area (Å²) < 4.78 is 87.7. The topological polar surface area (TPSA) is 67.3 Å². The normalized spacial score (nSPS) is 20.4. The molecule has 1 aliphatic heterocycles. The lowest BCUT2D eigenvalue weighted by molar-refractivity contribution is -0.132. The molecular formula is C18H17F5N2O3S2. The van der Waals surface area contributed by atoms with E-state index in [1.54, 1.807) is 12.1 Å². The van der Waals surface area contributed by atoms with E-state index in [2.05, 4.69) is 4.98 Å². The number of hydrogen-bond donors (Lipinski definition) is 0. The minimum Gasteiger partial charge on any atom is -0.331 e. The summed E-state index contributed by atoms with van der Waals surface area (Å²) in [7, 11) is -13.3. The van der Waals surface area contributed by atoms with Crippen LogP contribution in [0.3, 0.4) is 0 Å². The summed E-state index contributed by atoms with van der Waals surface area (Å²) in [4.78, 5) is 16.0. The van der Waals surface area contributed by atoms with Gasteiger partial charge >= 0.3 is 10.2 Å². The van der Waals surface area contributed by atoms with Gasteiger partial charge in [0.05, 0.1) is 18.2 Å². The number of aromatic nitrogens is 1. The smallest absolute Gasteiger partial charge is 0.310 e. The Morgan fingerprint density at radius 1 is 1.00 bits per heavy atom. The molecule has 0 radical (unpaired) electrons. The Morgan fingerprint density at radius 3 is 2.10 bits per heavy atom. The number of rotatable bonds is 6. The van der Waals surface area contributed by atoms with E-state index < -0.39 is 36.9 Å². The Labute approximate surface area is 169 Å². The minimum absolute atomic E-state index is 0.0510. The van der Waals surface area contributed by atoms with Crippen LogP contribution in [0.15, 0.2) is 65.2 Å². The molecule has 0 N–H and O–H groups in total. The molecule has 0 bridgehead atoms. The molecule has 1 aromatic heterocycles. The van der Waals surface area contributed by atoms with E-state index in [1.165, 1.54) is 23.4 Å². The number of sulfone groups is 1. The van der Waals surface area contributed by atoms with Gasteiger partial charge in [-0.2, -0.15) is 0 Å². The number of hydrogen-bond acceptors (Lipinski definition) is 4. The summed E-state index contributed by atoms with van der Waals surface area (Å²) in [5, 5.41) is 1.01. The van der Waals surface area contributed by atoms with Crippen molar-refractivity contribution in [3.63, 3.8) is 0 Å². The van der Waals surface area contributed by atoms with E-state index in [0.29, 0.717) is 5.56 Å². The molecule has 2 aromatic rings. The van der Waals surface area contributed by atoms with Crippen LogP contribution in [0.1, 0.15) is 11.1 Å². The zero-order valence-electron chi connectivity index (χ0n) is 15.3. The van der Waals surface area contributed by atoms with Gasteiger partial charge in [0.25, 0.3) is 0 Å². The Kier molecular flexibility index (Phi) is 5.02. The molecule has 0 unspecified atom stereocenters. The first kappa shape index (κ1) is 22.2. The largest absolute Gasteiger partial charge is 0.331 e. The van der Waals surface area contributed by atoms with Crippen molar-refractivity contribution in [1.29, 1.82) is 0 Å². The van der Waals surface area contributed by atoms with Gasteiger partial charge in [0.2, 0.25) is 5.91 Å². The van der Waals surface area contributed by atoms with Crippen LogP contribution in [0.4, 0.5) is 19.4 Å². The Balaban J connectivity index is 1.82. The zero-order chi connectivity index (χ0) is 22.3. The maximum Gasteiger partial charge on any atom is 0.310 e. The lowest BCUT2D eigenvalue weighted by Crippen LogP contribution is -2.41. The summed E-state index contributed by atoms with van der Waals surface area (Å²) >= 11 is 0. The lowest BCUT2D eigenvalue weighted by Gasteiger charge is -2.40. The molecule has 164 valence electrons. The maximum absolute atomic E-state index is 12.8.